The summed E-state index contributed by atoms with van der Waals surface area (Å²) in [5.74, 6) is -0.880. The third-order valence-electron chi connectivity index (χ3n) is 7.10. The van der Waals surface area contributed by atoms with Crippen molar-refractivity contribution < 1.29 is 9.90 Å². The number of para-hydroxylation sites is 2. The number of allylic oxidation sites excluding steroid dienone is 2. The van der Waals surface area contributed by atoms with Gasteiger partial charge in [-0.2, -0.15) is 0 Å². The summed E-state index contributed by atoms with van der Waals surface area (Å²) >= 11 is 0. The largest absolute Gasteiger partial charge is 0.478 e. The molecule has 1 N–H and O–H groups in total. The van der Waals surface area contributed by atoms with Gasteiger partial charge in [-0.25, -0.2) is 4.79 Å². The van der Waals surface area contributed by atoms with E-state index in [-0.39, 0.29) is 0 Å². The Morgan fingerprint density at radius 1 is 0.903 bits per heavy atom. The fourth-order valence-corrected chi connectivity index (χ4v) is 6.00. The summed E-state index contributed by atoms with van der Waals surface area (Å²) in [5, 5.41) is 14.8. The van der Waals surface area contributed by atoms with Crippen molar-refractivity contribution in [3.63, 3.8) is 0 Å². The molecule has 2 bridgehead atoms. The smallest absolute Gasteiger partial charge is 0.337 e. The summed E-state index contributed by atoms with van der Waals surface area (Å²) < 4.78 is 4.50. The number of nitrogens with zero attached hydrogens (tertiary/aromatic N) is 3. The molecule has 31 heavy (non-hydrogen) atoms. The maximum absolute atomic E-state index is 12.2. The van der Waals surface area contributed by atoms with Crippen LogP contribution in [0.3, 0.4) is 0 Å². The van der Waals surface area contributed by atoms with Crippen molar-refractivity contribution >= 4 is 67.2 Å². The van der Waals surface area contributed by atoms with Gasteiger partial charge in [0, 0.05) is 51.1 Å². The number of hydrogen-bond donors (Lipinski definition) is 1. The second-order valence-electron chi connectivity index (χ2n) is 8.49. The lowest BCUT2D eigenvalue weighted by atomic mass is 9.97. The van der Waals surface area contributed by atoms with Gasteiger partial charge < -0.3 is 14.2 Å². The van der Waals surface area contributed by atoms with E-state index in [1.54, 1.807) is 0 Å². The van der Waals surface area contributed by atoms with E-state index in [2.05, 4.69) is 56.6 Å². The lowest BCUT2D eigenvalue weighted by Crippen LogP contribution is -2.04. The van der Waals surface area contributed by atoms with Gasteiger partial charge in [0.15, 0.2) is 0 Å². The van der Waals surface area contributed by atoms with Crippen LogP contribution >= 0.6 is 0 Å². The van der Waals surface area contributed by atoms with Gasteiger partial charge in [0.05, 0.1) is 34.2 Å². The Morgan fingerprint density at radius 2 is 1.58 bits per heavy atom. The lowest BCUT2D eigenvalue weighted by molar-refractivity contribution is -0.132. The van der Waals surface area contributed by atoms with Crippen LogP contribution < -0.4 is 0 Å². The second kappa shape index (κ2) is 4.95. The zero-order chi connectivity index (χ0) is 20.4. The number of carboxylic acids is 1. The topological polar surface area (TPSA) is 59.5 Å². The van der Waals surface area contributed by atoms with Crippen molar-refractivity contribution in [2.24, 2.45) is 4.99 Å². The molecule has 146 valence electrons. The highest BCUT2D eigenvalue weighted by atomic mass is 16.4. The van der Waals surface area contributed by atoms with Crippen LogP contribution in [-0.4, -0.2) is 26.4 Å². The number of carbonyl (C=O) groups is 1. The summed E-state index contributed by atoms with van der Waals surface area (Å²) in [6.45, 7) is 0.678. The number of fused-ring (bicyclic) bond motifs is 13. The number of aliphatic carboxylic acids is 1. The van der Waals surface area contributed by atoms with Gasteiger partial charge in [-0.15, -0.1) is 0 Å². The molecule has 0 fully saturated rings. The number of aromatic nitrogens is 2. The van der Waals surface area contributed by atoms with E-state index in [0.29, 0.717) is 18.5 Å². The van der Waals surface area contributed by atoms with Crippen molar-refractivity contribution in [3.05, 3.63) is 71.3 Å². The second-order valence-corrected chi connectivity index (χ2v) is 8.49. The molecule has 0 unspecified atom stereocenters. The highest BCUT2D eigenvalue weighted by Gasteiger charge is 2.35. The molecule has 0 saturated heterocycles. The molecule has 0 spiro atoms. The molecule has 3 aromatic carbocycles. The molecular formula is C26H15N3O2. The van der Waals surface area contributed by atoms with Crippen molar-refractivity contribution in [3.8, 4) is 0 Å². The van der Waals surface area contributed by atoms with Gasteiger partial charge in [0.1, 0.15) is 0 Å². The summed E-state index contributed by atoms with van der Waals surface area (Å²) in [7, 11) is 0. The minimum Gasteiger partial charge on any atom is -0.478 e. The fraction of sp³-hybridized carbons (Fsp3) is 0.0769. The molecule has 5 aromatic rings. The first-order chi connectivity index (χ1) is 15.2. The van der Waals surface area contributed by atoms with Crippen LogP contribution in [0.15, 0.2) is 65.2 Å². The number of benzene rings is 3. The van der Waals surface area contributed by atoms with Gasteiger partial charge in [-0.05, 0) is 23.8 Å². The summed E-state index contributed by atoms with van der Waals surface area (Å²) in [6.07, 6.45) is 4.45. The normalized spacial score (nSPS) is 16.3. The molecule has 0 radical (unpaired) electrons. The third-order valence-corrected chi connectivity index (χ3v) is 7.10. The van der Waals surface area contributed by atoms with Crippen molar-refractivity contribution in [1.29, 1.82) is 0 Å². The summed E-state index contributed by atoms with van der Waals surface area (Å²) in [5.41, 5.74) is 9.12. The van der Waals surface area contributed by atoms with Crippen molar-refractivity contribution in [2.45, 2.75) is 13.0 Å². The van der Waals surface area contributed by atoms with Crippen LogP contribution in [0.4, 0.5) is 0 Å². The van der Waals surface area contributed by atoms with Crippen LogP contribution in [0.2, 0.25) is 0 Å². The summed E-state index contributed by atoms with van der Waals surface area (Å²) in [4.78, 5) is 16.9. The number of carboxylic acid groups (broad SMARTS) is 1. The Bertz CT molecular complexity index is 1810. The minimum absolute atomic E-state index is 0.378. The molecule has 1 aliphatic carbocycles. The molecule has 0 saturated carbocycles. The van der Waals surface area contributed by atoms with E-state index in [9.17, 15) is 9.90 Å². The Labute approximate surface area is 175 Å². The Balaban J connectivity index is 1.81. The molecule has 2 aliphatic heterocycles. The number of hydrogen-bond acceptors (Lipinski definition) is 2. The molecule has 0 atom stereocenters. The molecule has 0 amide bonds. The SMILES string of the molecule is O=C(O)C1=C2CC(=C1)n1c3ccccc3c3c4c(c5c6ccccc6n2c5c31)C=NC4. The Morgan fingerprint density at radius 3 is 2.35 bits per heavy atom. The monoisotopic (exact) mass is 401 g/mol. The van der Waals surface area contributed by atoms with E-state index in [4.69, 9.17) is 0 Å². The molecule has 4 heterocycles. The predicted molar refractivity (Wildman–Crippen MR) is 123 cm³/mol. The average Bonchev–Trinajstić information content (AvgIpc) is 3.51. The first-order valence-electron chi connectivity index (χ1n) is 10.4. The van der Waals surface area contributed by atoms with Gasteiger partial charge in [-0.1, -0.05) is 36.4 Å². The van der Waals surface area contributed by atoms with Crippen LogP contribution in [0.25, 0.3) is 55.0 Å². The first kappa shape index (κ1) is 15.7. The zero-order valence-electron chi connectivity index (χ0n) is 16.4. The first-order valence-corrected chi connectivity index (χ1v) is 10.4. The van der Waals surface area contributed by atoms with Crippen molar-refractivity contribution in [1.82, 2.24) is 9.13 Å². The van der Waals surface area contributed by atoms with Crippen LogP contribution in [0, 0.1) is 0 Å². The lowest BCUT2D eigenvalue weighted by Gasteiger charge is -2.12. The highest BCUT2D eigenvalue weighted by Crippen LogP contribution is 2.51. The maximum Gasteiger partial charge on any atom is 0.337 e. The quantitative estimate of drug-likeness (QED) is 0.409. The molecular weight excluding hydrogens is 386 g/mol. The molecule has 3 aliphatic rings. The molecule has 5 nitrogen and oxygen atoms in total. The van der Waals surface area contributed by atoms with Crippen molar-refractivity contribution in [2.75, 3.05) is 0 Å². The van der Waals surface area contributed by atoms with Gasteiger partial charge >= 0.3 is 5.97 Å². The minimum atomic E-state index is -0.880. The Hall–Kier alpha value is -4.12. The summed E-state index contributed by atoms with van der Waals surface area (Å²) in [6, 6.07) is 16.8. The fourth-order valence-electron chi connectivity index (χ4n) is 6.00. The van der Waals surface area contributed by atoms with E-state index < -0.39 is 5.97 Å². The van der Waals surface area contributed by atoms with Crippen LogP contribution in [-0.2, 0) is 11.3 Å². The molecule has 2 aromatic heterocycles. The van der Waals surface area contributed by atoms with E-state index in [1.807, 2.05) is 18.4 Å². The highest BCUT2D eigenvalue weighted by molar-refractivity contribution is 6.31. The average molecular weight is 401 g/mol. The van der Waals surface area contributed by atoms with Gasteiger partial charge in [0.2, 0.25) is 0 Å². The number of rotatable bonds is 1. The Kier molecular flexibility index (Phi) is 2.51. The van der Waals surface area contributed by atoms with E-state index in [1.165, 1.54) is 32.8 Å². The predicted octanol–water partition coefficient (Wildman–Crippen LogP) is 5.39. The van der Waals surface area contributed by atoms with E-state index >= 15 is 0 Å². The van der Waals surface area contributed by atoms with Gasteiger partial charge in [0.25, 0.3) is 0 Å². The standard InChI is InChI=1S/C26H15N3O2/c30-26(31)16-9-13-10-21(16)29-20-8-4-2-6-15(20)23-18-12-27-11-17(18)22-14-5-1-3-7-19(14)28(13)24(22)25(23)29/h1-9,12H,10-11H2,(H,30,31). The molecule has 8 rings (SSSR count). The van der Waals surface area contributed by atoms with Gasteiger partial charge in [-0.3, -0.25) is 4.99 Å². The van der Waals surface area contributed by atoms with E-state index in [0.717, 1.165) is 33.3 Å². The number of aliphatic imine (C=N–C) groups is 1. The van der Waals surface area contributed by atoms with Crippen LogP contribution in [0.1, 0.15) is 17.5 Å². The third kappa shape index (κ3) is 1.61. The molecule has 5 heteroatoms. The zero-order valence-corrected chi connectivity index (χ0v) is 16.4. The maximum atomic E-state index is 12.2. The van der Waals surface area contributed by atoms with Crippen LogP contribution in [0.5, 0.6) is 0 Å².